The number of hydrogen-bond donors (Lipinski definition) is 3. The largest absolute Gasteiger partial charge is 0.471 e. The summed E-state index contributed by atoms with van der Waals surface area (Å²) in [5.41, 5.74) is -1.88. The third-order valence-corrected chi connectivity index (χ3v) is 6.08. The summed E-state index contributed by atoms with van der Waals surface area (Å²) in [6, 6.07) is 3.91. The number of alkyl halides is 5. The van der Waals surface area contributed by atoms with E-state index in [1.165, 1.54) is 19.1 Å². The first-order valence-electron chi connectivity index (χ1n) is 9.28. The quantitative estimate of drug-likeness (QED) is 0.328. The van der Waals surface area contributed by atoms with E-state index in [0.717, 1.165) is 11.4 Å². The first-order chi connectivity index (χ1) is 15.6. The van der Waals surface area contributed by atoms with Crippen LogP contribution < -0.4 is 16.0 Å². The Bertz CT molecular complexity index is 1200. The molecule has 1 atom stereocenters. The summed E-state index contributed by atoms with van der Waals surface area (Å²) in [7, 11) is 0. The van der Waals surface area contributed by atoms with Crippen molar-refractivity contribution >= 4 is 69.6 Å². The smallest absolute Gasteiger partial charge is 0.326 e. The fraction of sp³-hybridized carbons (Fsp3) is 0.250. The van der Waals surface area contributed by atoms with Gasteiger partial charge < -0.3 is 16.0 Å². The van der Waals surface area contributed by atoms with E-state index < -0.39 is 57.2 Å². The Balaban J connectivity index is 1.85. The average molecular weight is 545 g/mol. The fourth-order valence-electron chi connectivity index (χ4n) is 2.87. The number of rotatable bonds is 5. The maximum absolute atomic E-state index is 14.6. The summed E-state index contributed by atoms with van der Waals surface area (Å²) < 4.78 is 64.6. The summed E-state index contributed by atoms with van der Waals surface area (Å²) in [4.78, 5) is 36.0. The highest BCUT2D eigenvalue weighted by Crippen LogP contribution is 2.53. The van der Waals surface area contributed by atoms with Gasteiger partial charge >= 0.3 is 12.1 Å². The van der Waals surface area contributed by atoms with E-state index in [1.54, 1.807) is 0 Å². The molecule has 34 heavy (non-hydrogen) atoms. The Labute approximate surface area is 203 Å². The van der Waals surface area contributed by atoms with Crippen LogP contribution in [-0.2, 0) is 9.59 Å². The Hall–Kier alpha value is -2.63. The number of nitrogens with one attached hydrogen (secondary N) is 3. The number of anilines is 3. The molecular formula is C20H13Cl3F5N3O3. The molecule has 1 aliphatic carbocycles. The SMILES string of the molecule is Cc1cc(NC(=O)C2CC2(Cl)Cl)cc(C(=O)Nc2ccc(F)c(NC(=O)C(F)(F)F)c2F)c1Cl. The van der Waals surface area contributed by atoms with Gasteiger partial charge in [-0.1, -0.05) is 11.6 Å². The second-order valence-electron chi connectivity index (χ2n) is 7.35. The number of hydrogen-bond acceptors (Lipinski definition) is 3. The van der Waals surface area contributed by atoms with Gasteiger partial charge in [0, 0.05) is 5.69 Å². The van der Waals surface area contributed by atoms with Crippen LogP contribution in [0.4, 0.5) is 39.0 Å². The lowest BCUT2D eigenvalue weighted by molar-refractivity contribution is -0.167. The van der Waals surface area contributed by atoms with E-state index in [4.69, 9.17) is 34.8 Å². The van der Waals surface area contributed by atoms with E-state index in [-0.39, 0.29) is 22.7 Å². The highest BCUT2D eigenvalue weighted by atomic mass is 35.5. The number of amides is 3. The summed E-state index contributed by atoms with van der Waals surface area (Å²) >= 11 is 17.9. The number of carbonyl (C=O) groups is 3. The number of aryl methyl sites for hydroxylation is 1. The molecule has 1 aliphatic rings. The second kappa shape index (κ2) is 9.20. The van der Waals surface area contributed by atoms with Crippen molar-refractivity contribution in [3.63, 3.8) is 0 Å². The molecule has 1 saturated carbocycles. The van der Waals surface area contributed by atoms with Gasteiger partial charge in [0.2, 0.25) is 5.91 Å². The molecule has 3 amide bonds. The lowest BCUT2D eigenvalue weighted by Crippen LogP contribution is -2.31. The van der Waals surface area contributed by atoms with Gasteiger partial charge in [0.1, 0.15) is 15.8 Å². The van der Waals surface area contributed by atoms with Crippen LogP contribution in [-0.4, -0.2) is 28.2 Å². The van der Waals surface area contributed by atoms with Crippen molar-refractivity contribution in [2.24, 2.45) is 5.92 Å². The maximum atomic E-state index is 14.6. The van der Waals surface area contributed by atoms with Gasteiger partial charge in [0.25, 0.3) is 5.91 Å². The summed E-state index contributed by atoms with van der Waals surface area (Å²) in [6.45, 7) is 1.52. The molecule has 2 aromatic carbocycles. The molecule has 1 unspecified atom stereocenters. The third-order valence-electron chi connectivity index (χ3n) is 4.74. The van der Waals surface area contributed by atoms with E-state index in [9.17, 15) is 36.3 Å². The van der Waals surface area contributed by atoms with Crippen LogP contribution in [0.5, 0.6) is 0 Å². The van der Waals surface area contributed by atoms with Crippen LogP contribution in [0.15, 0.2) is 24.3 Å². The summed E-state index contributed by atoms with van der Waals surface area (Å²) in [5, 5.41) is 5.59. The maximum Gasteiger partial charge on any atom is 0.471 e. The molecule has 1 fully saturated rings. The van der Waals surface area contributed by atoms with Gasteiger partial charge in [0.15, 0.2) is 5.82 Å². The zero-order valence-electron chi connectivity index (χ0n) is 16.8. The van der Waals surface area contributed by atoms with Crippen molar-refractivity contribution in [3.05, 3.63) is 52.0 Å². The molecule has 0 aliphatic heterocycles. The average Bonchev–Trinajstić information content (AvgIpc) is 3.37. The molecule has 182 valence electrons. The van der Waals surface area contributed by atoms with Crippen LogP contribution >= 0.6 is 34.8 Å². The molecule has 3 rings (SSSR count). The van der Waals surface area contributed by atoms with Crippen LogP contribution in [0.1, 0.15) is 22.3 Å². The third kappa shape index (κ3) is 5.53. The molecule has 0 heterocycles. The zero-order valence-corrected chi connectivity index (χ0v) is 19.1. The van der Waals surface area contributed by atoms with Crippen molar-refractivity contribution in [3.8, 4) is 0 Å². The summed E-state index contributed by atoms with van der Waals surface area (Å²) in [5.74, 6) is -7.96. The lowest BCUT2D eigenvalue weighted by atomic mass is 10.1. The van der Waals surface area contributed by atoms with Crippen LogP contribution in [0, 0.1) is 24.5 Å². The minimum absolute atomic E-state index is 0.0703. The van der Waals surface area contributed by atoms with Gasteiger partial charge in [-0.15, -0.1) is 23.2 Å². The molecule has 0 spiro atoms. The van der Waals surface area contributed by atoms with Crippen molar-refractivity contribution < 1.29 is 36.3 Å². The van der Waals surface area contributed by atoms with E-state index in [2.05, 4.69) is 10.6 Å². The van der Waals surface area contributed by atoms with Crippen LogP contribution in [0.3, 0.4) is 0 Å². The van der Waals surface area contributed by atoms with Crippen molar-refractivity contribution in [1.82, 2.24) is 0 Å². The molecule has 0 saturated heterocycles. The molecule has 3 N–H and O–H groups in total. The molecule has 6 nitrogen and oxygen atoms in total. The molecule has 0 bridgehead atoms. The zero-order chi connectivity index (χ0) is 25.6. The molecule has 0 aromatic heterocycles. The monoisotopic (exact) mass is 543 g/mol. The molecule has 14 heteroatoms. The number of benzene rings is 2. The van der Waals surface area contributed by atoms with Crippen molar-refractivity contribution in [2.75, 3.05) is 16.0 Å². The lowest BCUT2D eigenvalue weighted by Gasteiger charge is -2.15. The normalized spacial score (nSPS) is 16.6. The predicted octanol–water partition coefficient (Wildman–Crippen LogP) is 5.81. The van der Waals surface area contributed by atoms with E-state index in [1.807, 2.05) is 0 Å². The Morgan fingerprint density at radius 1 is 1.06 bits per heavy atom. The Kier molecular flexibility index (Phi) is 7.03. The van der Waals surface area contributed by atoms with Gasteiger partial charge in [-0.05, 0) is 43.2 Å². The Morgan fingerprint density at radius 2 is 1.68 bits per heavy atom. The minimum atomic E-state index is -5.40. The van der Waals surface area contributed by atoms with Crippen LogP contribution in [0.25, 0.3) is 0 Å². The number of halogens is 8. The first kappa shape index (κ1) is 26.0. The van der Waals surface area contributed by atoms with E-state index in [0.29, 0.717) is 11.6 Å². The number of carbonyl (C=O) groups excluding carboxylic acids is 3. The molecule has 0 radical (unpaired) electrons. The van der Waals surface area contributed by atoms with Gasteiger partial charge in [-0.25, -0.2) is 8.78 Å². The van der Waals surface area contributed by atoms with Crippen molar-refractivity contribution in [1.29, 1.82) is 0 Å². The van der Waals surface area contributed by atoms with E-state index >= 15 is 0 Å². The second-order valence-corrected chi connectivity index (χ2v) is 9.27. The standard InChI is InChI=1S/C20H13Cl3F5N3O3/c1-7-4-8(29-17(33)10-6-19(10,22)23)5-9(13(7)21)16(32)30-12-3-2-11(24)15(14(12)25)31-18(34)20(26,27)28/h2-5,10H,6H2,1H3,(H,29,33)(H,30,32)(H,31,34). The molecule has 2 aromatic rings. The van der Waals surface area contributed by atoms with Crippen molar-refractivity contribution in [2.45, 2.75) is 23.9 Å². The fourth-order valence-corrected chi connectivity index (χ4v) is 3.57. The van der Waals surface area contributed by atoms with Gasteiger partial charge in [-0.2, -0.15) is 13.2 Å². The topological polar surface area (TPSA) is 87.3 Å². The Morgan fingerprint density at radius 3 is 2.24 bits per heavy atom. The highest BCUT2D eigenvalue weighted by molar-refractivity contribution is 6.52. The summed E-state index contributed by atoms with van der Waals surface area (Å²) in [6.07, 6.45) is -5.17. The predicted molar refractivity (Wildman–Crippen MR) is 116 cm³/mol. The minimum Gasteiger partial charge on any atom is -0.326 e. The van der Waals surface area contributed by atoms with Crippen LogP contribution in [0.2, 0.25) is 5.02 Å². The first-order valence-corrected chi connectivity index (χ1v) is 10.4. The van der Waals surface area contributed by atoms with Gasteiger partial charge in [0.05, 0.1) is 22.2 Å². The highest BCUT2D eigenvalue weighted by Gasteiger charge is 2.56. The molecular weight excluding hydrogens is 532 g/mol. The van der Waals surface area contributed by atoms with Gasteiger partial charge in [-0.3, -0.25) is 14.4 Å².